The van der Waals surface area contributed by atoms with E-state index >= 15 is 0 Å². The number of nitrogens with zero attached hydrogens (tertiary/aromatic N) is 1. The quantitative estimate of drug-likeness (QED) is 0.710. The number of aryl methyl sites for hydroxylation is 1. The van der Waals surface area contributed by atoms with Gasteiger partial charge in [0.05, 0.1) is 0 Å². The second kappa shape index (κ2) is 4.13. The largest absolute Gasteiger partial charge is 0.301 e. The Bertz CT molecular complexity index is 429. The summed E-state index contributed by atoms with van der Waals surface area (Å²) in [6.45, 7) is 13.8. The van der Waals surface area contributed by atoms with Crippen molar-refractivity contribution in [3.63, 3.8) is 0 Å². The van der Waals surface area contributed by atoms with Crippen LogP contribution in [0.2, 0.25) is 0 Å². The lowest BCUT2D eigenvalue weighted by atomic mass is 9.75. The van der Waals surface area contributed by atoms with Gasteiger partial charge in [-0.15, -0.1) is 0 Å². The maximum Gasteiger partial charge on any atom is 0.0234 e. The average molecular weight is 231 g/mol. The molecular weight excluding hydrogens is 206 g/mol. The Morgan fingerprint density at radius 3 is 2.47 bits per heavy atom. The molecule has 0 amide bonds. The van der Waals surface area contributed by atoms with E-state index in [0.29, 0.717) is 5.92 Å². The molecule has 0 saturated heterocycles. The third kappa shape index (κ3) is 2.26. The van der Waals surface area contributed by atoms with Gasteiger partial charge in [0.2, 0.25) is 0 Å². The van der Waals surface area contributed by atoms with Gasteiger partial charge in [-0.3, -0.25) is 0 Å². The second-order valence-corrected chi connectivity index (χ2v) is 6.58. The number of hydrogen-bond acceptors (Lipinski definition) is 1. The zero-order valence-electron chi connectivity index (χ0n) is 12.1. The second-order valence-electron chi connectivity index (χ2n) is 6.58. The Kier molecular flexibility index (Phi) is 3.07. The topological polar surface area (TPSA) is 3.24 Å². The first-order valence-corrected chi connectivity index (χ1v) is 6.63. The van der Waals surface area contributed by atoms with Crippen LogP contribution in [0.1, 0.15) is 55.9 Å². The van der Waals surface area contributed by atoms with Crippen LogP contribution in [0.15, 0.2) is 12.1 Å². The third-order valence-corrected chi connectivity index (χ3v) is 3.89. The average Bonchev–Trinajstić information content (AvgIpc) is 2.13. The maximum atomic E-state index is 2.44. The fraction of sp³-hybridized carbons (Fsp3) is 0.625. The van der Waals surface area contributed by atoms with Gasteiger partial charge in [0.25, 0.3) is 0 Å². The minimum Gasteiger partial charge on any atom is -0.301 e. The normalized spacial score (nSPS) is 19.5. The summed E-state index contributed by atoms with van der Waals surface area (Å²) in [5.74, 6) is 0.620. The molecule has 1 heterocycles. The molecule has 1 heteroatoms. The fourth-order valence-electron chi connectivity index (χ4n) is 3.42. The van der Waals surface area contributed by atoms with Crippen molar-refractivity contribution < 1.29 is 0 Å². The van der Waals surface area contributed by atoms with E-state index in [-0.39, 0.29) is 5.41 Å². The number of rotatable bonds is 1. The van der Waals surface area contributed by atoms with Crippen LogP contribution in [0.25, 0.3) is 0 Å². The number of benzene rings is 1. The Morgan fingerprint density at radius 1 is 1.24 bits per heavy atom. The summed E-state index contributed by atoms with van der Waals surface area (Å²) >= 11 is 0. The van der Waals surface area contributed by atoms with E-state index in [1.807, 2.05) is 0 Å². The zero-order chi connectivity index (χ0) is 12.8. The molecule has 1 aliphatic rings. The van der Waals surface area contributed by atoms with Crippen molar-refractivity contribution in [2.75, 3.05) is 13.6 Å². The number of likely N-dealkylation sites (N-methyl/N-ethyl adjacent to an activating group) is 1. The van der Waals surface area contributed by atoms with E-state index in [4.69, 9.17) is 0 Å². The molecule has 0 fully saturated rings. The van der Waals surface area contributed by atoms with Gasteiger partial charge < -0.3 is 4.90 Å². The molecule has 2 rings (SSSR count). The van der Waals surface area contributed by atoms with E-state index in [0.717, 1.165) is 13.1 Å². The Labute approximate surface area is 106 Å². The fourth-order valence-corrected chi connectivity index (χ4v) is 3.42. The van der Waals surface area contributed by atoms with Gasteiger partial charge in [0, 0.05) is 18.5 Å². The molecule has 0 aromatic heterocycles. The number of fused-ring (bicyclic) bond motifs is 1. The van der Waals surface area contributed by atoms with Crippen molar-refractivity contribution in [1.82, 2.24) is 4.90 Å². The van der Waals surface area contributed by atoms with Crippen LogP contribution in [-0.2, 0) is 12.0 Å². The minimum atomic E-state index is 0.280. The van der Waals surface area contributed by atoms with Gasteiger partial charge >= 0.3 is 0 Å². The first-order valence-electron chi connectivity index (χ1n) is 6.63. The van der Waals surface area contributed by atoms with E-state index in [9.17, 15) is 0 Å². The molecule has 0 N–H and O–H groups in total. The van der Waals surface area contributed by atoms with Crippen LogP contribution >= 0.6 is 0 Å². The molecule has 0 unspecified atom stereocenters. The molecule has 0 aliphatic carbocycles. The molecular formula is C16H25N. The smallest absolute Gasteiger partial charge is 0.0234 e. The highest BCUT2D eigenvalue weighted by Gasteiger charge is 2.31. The van der Waals surface area contributed by atoms with E-state index < -0.39 is 0 Å². The van der Waals surface area contributed by atoms with Crippen molar-refractivity contribution in [2.45, 2.75) is 52.5 Å². The summed E-state index contributed by atoms with van der Waals surface area (Å²) in [7, 11) is 2.22. The van der Waals surface area contributed by atoms with Gasteiger partial charge in [0.1, 0.15) is 0 Å². The zero-order valence-corrected chi connectivity index (χ0v) is 12.1. The molecule has 94 valence electrons. The summed E-state index contributed by atoms with van der Waals surface area (Å²) in [6.07, 6.45) is 0. The molecule has 1 aromatic carbocycles. The molecule has 0 bridgehead atoms. The van der Waals surface area contributed by atoms with Crippen molar-refractivity contribution in [1.29, 1.82) is 0 Å². The maximum absolute atomic E-state index is 2.44. The molecule has 1 nitrogen and oxygen atoms in total. The van der Waals surface area contributed by atoms with Crippen LogP contribution < -0.4 is 0 Å². The van der Waals surface area contributed by atoms with Crippen LogP contribution in [0.5, 0.6) is 0 Å². The first kappa shape index (κ1) is 12.6. The molecule has 0 spiro atoms. The van der Waals surface area contributed by atoms with Crippen LogP contribution in [0, 0.1) is 6.92 Å². The Balaban J connectivity index is 2.58. The van der Waals surface area contributed by atoms with Crippen LogP contribution in [-0.4, -0.2) is 18.5 Å². The lowest BCUT2D eigenvalue weighted by Gasteiger charge is -2.39. The van der Waals surface area contributed by atoms with Crippen molar-refractivity contribution in [3.05, 3.63) is 34.4 Å². The van der Waals surface area contributed by atoms with Crippen LogP contribution in [0.3, 0.4) is 0 Å². The third-order valence-electron chi connectivity index (χ3n) is 3.89. The van der Waals surface area contributed by atoms with E-state index in [1.165, 1.54) is 16.7 Å². The lowest BCUT2D eigenvalue weighted by Crippen LogP contribution is -2.40. The summed E-state index contributed by atoms with van der Waals surface area (Å²) in [5.41, 5.74) is 6.35. The molecule has 1 aliphatic heterocycles. The molecule has 0 atom stereocenters. The van der Waals surface area contributed by atoms with Gasteiger partial charge in [-0.25, -0.2) is 0 Å². The van der Waals surface area contributed by atoms with Gasteiger partial charge in [-0.05, 0) is 42.1 Å². The van der Waals surface area contributed by atoms with Gasteiger partial charge in [0.15, 0.2) is 0 Å². The molecule has 1 aromatic rings. The first-order chi connectivity index (χ1) is 7.81. The highest BCUT2D eigenvalue weighted by atomic mass is 15.1. The van der Waals surface area contributed by atoms with Crippen molar-refractivity contribution in [2.24, 2.45) is 0 Å². The standard InChI is InChI=1S/C16H25N/c1-11(2)13-7-12(3)15-14(8-13)9-17(6)10-16(15,4)5/h7-8,11H,9-10H2,1-6H3. The summed E-state index contributed by atoms with van der Waals surface area (Å²) < 4.78 is 0. The van der Waals surface area contributed by atoms with Gasteiger partial charge in [-0.2, -0.15) is 0 Å². The molecule has 0 saturated carbocycles. The van der Waals surface area contributed by atoms with E-state index in [2.05, 4.69) is 58.7 Å². The predicted octanol–water partition coefficient (Wildman–Crippen LogP) is 3.84. The summed E-state index contributed by atoms with van der Waals surface area (Å²) in [4.78, 5) is 2.44. The highest BCUT2D eigenvalue weighted by molar-refractivity contribution is 5.45. The predicted molar refractivity (Wildman–Crippen MR) is 74.6 cm³/mol. The monoisotopic (exact) mass is 231 g/mol. The number of hydrogen-bond donors (Lipinski definition) is 0. The summed E-state index contributed by atoms with van der Waals surface area (Å²) in [5, 5.41) is 0. The Morgan fingerprint density at radius 2 is 1.88 bits per heavy atom. The Hall–Kier alpha value is -0.820. The summed E-state index contributed by atoms with van der Waals surface area (Å²) in [6, 6.07) is 4.81. The minimum absolute atomic E-state index is 0.280. The van der Waals surface area contributed by atoms with Gasteiger partial charge in [-0.1, -0.05) is 39.8 Å². The SMILES string of the molecule is Cc1cc(C(C)C)cc2c1C(C)(C)CN(C)C2. The van der Waals surface area contributed by atoms with E-state index in [1.54, 1.807) is 5.56 Å². The highest BCUT2D eigenvalue weighted by Crippen LogP contribution is 2.36. The molecule has 17 heavy (non-hydrogen) atoms. The van der Waals surface area contributed by atoms with Crippen molar-refractivity contribution in [3.8, 4) is 0 Å². The lowest BCUT2D eigenvalue weighted by molar-refractivity contribution is 0.235. The molecule has 0 radical (unpaired) electrons. The van der Waals surface area contributed by atoms with Crippen molar-refractivity contribution >= 4 is 0 Å². The van der Waals surface area contributed by atoms with Crippen LogP contribution in [0.4, 0.5) is 0 Å².